The van der Waals surface area contributed by atoms with Crippen LogP contribution in [-0.2, 0) is 0 Å². The van der Waals surface area contributed by atoms with Crippen molar-refractivity contribution in [3.63, 3.8) is 0 Å². The number of rotatable bonds is 2. The van der Waals surface area contributed by atoms with E-state index in [-0.39, 0.29) is 5.50 Å². The second-order valence-electron chi connectivity index (χ2n) is 2.69. The van der Waals surface area contributed by atoms with Crippen molar-refractivity contribution in [3.05, 3.63) is 35.7 Å². The highest BCUT2D eigenvalue weighted by Crippen LogP contribution is 2.18. The van der Waals surface area contributed by atoms with Crippen molar-refractivity contribution in [2.24, 2.45) is 0 Å². The van der Waals surface area contributed by atoms with Gasteiger partial charge >= 0.3 is 0 Å². The highest BCUT2D eigenvalue weighted by Gasteiger charge is 2.20. The molecule has 0 aromatic heterocycles. The molecule has 0 saturated carbocycles. The van der Waals surface area contributed by atoms with Crippen LogP contribution in [0.5, 0.6) is 0 Å². The summed E-state index contributed by atoms with van der Waals surface area (Å²) in [4.78, 5) is 0. The minimum absolute atomic E-state index is 0.0392. The third-order valence-corrected chi connectivity index (χ3v) is 2.35. The van der Waals surface area contributed by atoms with Gasteiger partial charge in [-0.3, -0.25) is 0 Å². The van der Waals surface area contributed by atoms with Gasteiger partial charge in [0.15, 0.2) is 5.50 Å². The van der Waals surface area contributed by atoms with Gasteiger partial charge < -0.3 is 10.6 Å². The Morgan fingerprint density at radius 3 is 2.64 bits per heavy atom. The Kier molecular flexibility index (Phi) is 4.14. The van der Waals surface area contributed by atoms with E-state index in [1.54, 1.807) is 0 Å². The Balaban J connectivity index is 2.74. The van der Waals surface area contributed by atoms with Gasteiger partial charge in [-0.1, -0.05) is 18.2 Å². The number of thioether (sulfide) groups is 1. The molecule has 1 rings (SSSR count). The largest absolute Gasteiger partial charge is 0.355 e. The number of nitriles is 1. The molecule has 0 aromatic rings. The highest BCUT2D eigenvalue weighted by molar-refractivity contribution is 8.04. The monoisotopic (exact) mass is 207 g/mol. The summed E-state index contributed by atoms with van der Waals surface area (Å²) in [5.41, 5.74) is 2.02. The smallest absolute Gasteiger partial charge is 0.159 e. The third kappa shape index (κ3) is 2.57. The number of hydrogen-bond donors (Lipinski definition) is 2. The van der Waals surface area contributed by atoms with E-state index in [1.807, 2.05) is 38.2 Å². The van der Waals surface area contributed by atoms with E-state index in [1.165, 1.54) is 11.8 Å². The fourth-order valence-corrected chi connectivity index (χ4v) is 1.63. The average molecular weight is 207 g/mol. The minimum atomic E-state index is -0.0392. The van der Waals surface area contributed by atoms with E-state index in [9.17, 15) is 0 Å². The number of hydrogen-bond acceptors (Lipinski definition) is 4. The van der Waals surface area contributed by atoms with E-state index >= 15 is 0 Å². The van der Waals surface area contributed by atoms with Crippen molar-refractivity contribution in [3.8, 4) is 5.40 Å². The molecular formula is C10H13N3S. The maximum absolute atomic E-state index is 8.53. The van der Waals surface area contributed by atoms with Gasteiger partial charge in [-0.25, -0.2) is 0 Å². The molecule has 74 valence electrons. The summed E-state index contributed by atoms with van der Waals surface area (Å²) in [5, 5.41) is 17.0. The van der Waals surface area contributed by atoms with Crippen LogP contribution in [0.15, 0.2) is 35.7 Å². The van der Waals surface area contributed by atoms with Crippen LogP contribution in [0.4, 0.5) is 0 Å². The third-order valence-electron chi connectivity index (χ3n) is 1.78. The Hall–Kier alpha value is -1.34. The van der Waals surface area contributed by atoms with Crippen molar-refractivity contribution in [1.29, 1.82) is 5.26 Å². The van der Waals surface area contributed by atoms with Crippen molar-refractivity contribution < 1.29 is 0 Å². The molecule has 0 bridgehead atoms. The van der Waals surface area contributed by atoms with E-state index in [4.69, 9.17) is 5.26 Å². The van der Waals surface area contributed by atoms with Crippen LogP contribution in [0, 0.1) is 10.7 Å². The molecule has 1 aliphatic rings. The molecule has 1 aliphatic heterocycles. The second kappa shape index (κ2) is 5.40. The van der Waals surface area contributed by atoms with Crippen LogP contribution in [0.2, 0.25) is 0 Å². The van der Waals surface area contributed by atoms with Crippen LogP contribution in [0.25, 0.3) is 0 Å². The van der Waals surface area contributed by atoms with Crippen LogP contribution in [0.1, 0.15) is 13.8 Å². The summed E-state index contributed by atoms with van der Waals surface area (Å²) in [7, 11) is 0. The summed E-state index contributed by atoms with van der Waals surface area (Å²) in [5.74, 6) is 0. The normalized spacial score (nSPS) is 26.5. The lowest BCUT2D eigenvalue weighted by molar-refractivity contribution is 0.778. The molecule has 0 aliphatic carbocycles. The molecule has 1 saturated heterocycles. The Morgan fingerprint density at radius 1 is 1.36 bits per heavy atom. The summed E-state index contributed by atoms with van der Waals surface area (Å²) in [6.45, 7) is 3.93. The summed E-state index contributed by atoms with van der Waals surface area (Å²) in [6.07, 6.45) is 7.90. The van der Waals surface area contributed by atoms with Gasteiger partial charge in [0.2, 0.25) is 0 Å². The van der Waals surface area contributed by atoms with Gasteiger partial charge in [-0.2, -0.15) is 5.26 Å². The Bertz CT molecular complexity index is 323. The zero-order valence-electron chi connectivity index (χ0n) is 8.24. The molecule has 4 heteroatoms. The molecule has 3 nitrogen and oxygen atoms in total. The molecule has 14 heavy (non-hydrogen) atoms. The number of allylic oxidation sites excluding steroid dienone is 4. The highest BCUT2D eigenvalue weighted by atomic mass is 32.2. The summed E-state index contributed by atoms with van der Waals surface area (Å²) in [6, 6.07) is 0. The van der Waals surface area contributed by atoms with Crippen LogP contribution >= 0.6 is 11.8 Å². The van der Waals surface area contributed by atoms with E-state index < -0.39 is 0 Å². The molecule has 1 fully saturated rings. The van der Waals surface area contributed by atoms with Gasteiger partial charge in [0.05, 0.1) is 11.4 Å². The van der Waals surface area contributed by atoms with Crippen LogP contribution in [0.3, 0.4) is 0 Å². The zero-order chi connectivity index (χ0) is 10.4. The first-order valence-corrected chi connectivity index (χ1v) is 5.27. The maximum Gasteiger partial charge on any atom is 0.159 e. The molecule has 0 amide bonds. The minimum Gasteiger partial charge on any atom is -0.355 e. The Morgan fingerprint density at radius 2 is 2.07 bits per heavy atom. The van der Waals surface area contributed by atoms with Gasteiger partial charge in [-0.05, 0) is 19.9 Å². The fourth-order valence-electron chi connectivity index (χ4n) is 1.15. The molecule has 1 unspecified atom stereocenters. The lowest BCUT2D eigenvalue weighted by atomic mass is 10.3. The maximum atomic E-state index is 8.53. The second-order valence-corrected chi connectivity index (χ2v) is 3.58. The Labute approximate surface area is 88.6 Å². The molecule has 0 spiro atoms. The summed E-state index contributed by atoms with van der Waals surface area (Å²) < 4.78 is 0. The quantitative estimate of drug-likeness (QED) is 0.680. The van der Waals surface area contributed by atoms with Gasteiger partial charge in [0.1, 0.15) is 5.40 Å². The molecule has 1 atom stereocenters. The first kappa shape index (κ1) is 10.7. The van der Waals surface area contributed by atoms with Crippen molar-refractivity contribution in [2.45, 2.75) is 19.3 Å². The molecule has 2 N–H and O–H groups in total. The number of thiocyanates is 1. The predicted octanol–water partition coefficient (Wildman–Crippen LogP) is 2.04. The fraction of sp³-hybridized carbons (Fsp3) is 0.300. The van der Waals surface area contributed by atoms with E-state index in [2.05, 4.69) is 16.0 Å². The number of nitrogens with one attached hydrogen (secondary N) is 2. The van der Waals surface area contributed by atoms with Crippen molar-refractivity contribution >= 4 is 11.8 Å². The number of nitrogens with zero attached hydrogens (tertiary/aromatic N) is 1. The van der Waals surface area contributed by atoms with Crippen LogP contribution < -0.4 is 10.6 Å². The van der Waals surface area contributed by atoms with Gasteiger partial charge in [0.25, 0.3) is 0 Å². The van der Waals surface area contributed by atoms with Gasteiger partial charge in [0, 0.05) is 11.8 Å². The molecule has 1 heterocycles. The molecular weight excluding hydrogens is 194 g/mol. The lowest BCUT2D eigenvalue weighted by Gasteiger charge is -2.03. The zero-order valence-corrected chi connectivity index (χ0v) is 9.06. The standard InChI is InChI=1S/C10H13N3S/c1-3-5-6-9-8(4-2)12-10(13-9)14-7-11/h3-6,10,12-13H,1-2H3/b5-3-,8-4-,9-6-. The van der Waals surface area contributed by atoms with Crippen molar-refractivity contribution in [1.82, 2.24) is 10.6 Å². The SMILES string of the molecule is C\C=C/C=C1\NC(SC#N)N\C1=C/C. The summed E-state index contributed by atoms with van der Waals surface area (Å²) >= 11 is 1.17. The van der Waals surface area contributed by atoms with E-state index in [0.29, 0.717) is 0 Å². The first-order valence-electron chi connectivity index (χ1n) is 4.39. The van der Waals surface area contributed by atoms with Crippen LogP contribution in [-0.4, -0.2) is 5.50 Å². The topological polar surface area (TPSA) is 47.9 Å². The van der Waals surface area contributed by atoms with Crippen molar-refractivity contribution in [2.75, 3.05) is 0 Å². The predicted molar refractivity (Wildman–Crippen MR) is 59.9 cm³/mol. The molecule has 0 radical (unpaired) electrons. The average Bonchev–Trinajstić information content (AvgIpc) is 2.58. The molecule has 0 aromatic carbocycles. The first-order chi connectivity index (χ1) is 6.81. The van der Waals surface area contributed by atoms with E-state index in [0.717, 1.165) is 11.4 Å². The lowest BCUT2D eigenvalue weighted by Crippen LogP contribution is -2.25. The van der Waals surface area contributed by atoms with Gasteiger partial charge in [-0.15, -0.1) is 0 Å².